The van der Waals surface area contributed by atoms with Gasteiger partial charge in [0.1, 0.15) is 0 Å². The van der Waals surface area contributed by atoms with E-state index in [0.717, 1.165) is 22.0 Å². The van der Waals surface area contributed by atoms with Crippen LogP contribution in [0.5, 0.6) is 0 Å². The molecule has 3 rings (SSSR count). The van der Waals surface area contributed by atoms with Crippen LogP contribution in [0, 0.1) is 0 Å². The van der Waals surface area contributed by atoms with Gasteiger partial charge in [0.15, 0.2) is 6.04 Å². The van der Waals surface area contributed by atoms with E-state index >= 15 is 0 Å². The molecule has 3 aromatic rings. The van der Waals surface area contributed by atoms with Gasteiger partial charge in [0.05, 0.1) is 7.11 Å². The fourth-order valence-corrected chi connectivity index (χ4v) is 2.56. The Morgan fingerprint density at radius 1 is 1.17 bits per heavy atom. The highest BCUT2D eigenvalue weighted by atomic mass is 16.5. The SMILES string of the molecule is COC(=O)[C@H](Cc1c[nH]c2ccccc12)N=Cc1ccccc1. The first-order valence-corrected chi connectivity index (χ1v) is 7.49. The Labute approximate surface area is 134 Å². The van der Waals surface area contributed by atoms with E-state index in [4.69, 9.17) is 4.74 Å². The highest BCUT2D eigenvalue weighted by molar-refractivity contribution is 5.86. The third kappa shape index (κ3) is 3.48. The van der Waals surface area contributed by atoms with Gasteiger partial charge in [0.25, 0.3) is 0 Å². The molecule has 0 fully saturated rings. The lowest BCUT2D eigenvalue weighted by molar-refractivity contribution is -0.142. The maximum atomic E-state index is 12.0. The zero-order valence-electron chi connectivity index (χ0n) is 12.9. The number of hydrogen-bond acceptors (Lipinski definition) is 3. The third-order valence-corrected chi connectivity index (χ3v) is 3.76. The minimum atomic E-state index is -0.556. The molecule has 1 N–H and O–H groups in total. The molecule has 0 aliphatic carbocycles. The Kier molecular flexibility index (Phi) is 4.52. The molecule has 1 atom stereocenters. The minimum Gasteiger partial charge on any atom is -0.467 e. The number of nitrogens with zero attached hydrogens (tertiary/aromatic N) is 1. The van der Waals surface area contributed by atoms with Gasteiger partial charge in [-0.3, -0.25) is 4.99 Å². The van der Waals surface area contributed by atoms with E-state index in [0.29, 0.717) is 6.42 Å². The summed E-state index contributed by atoms with van der Waals surface area (Å²) >= 11 is 0. The number of aromatic amines is 1. The number of ether oxygens (including phenoxy) is 1. The number of nitrogens with one attached hydrogen (secondary N) is 1. The van der Waals surface area contributed by atoms with Crippen molar-refractivity contribution in [3.8, 4) is 0 Å². The summed E-state index contributed by atoms with van der Waals surface area (Å²) in [6.07, 6.45) is 4.15. The number of aliphatic imine (C=N–C) groups is 1. The first-order chi connectivity index (χ1) is 11.3. The van der Waals surface area contributed by atoms with Crippen LogP contribution in [-0.4, -0.2) is 30.3 Å². The van der Waals surface area contributed by atoms with Crippen LogP contribution in [0.4, 0.5) is 0 Å². The van der Waals surface area contributed by atoms with E-state index in [1.54, 1.807) is 6.21 Å². The third-order valence-electron chi connectivity index (χ3n) is 3.76. The van der Waals surface area contributed by atoms with E-state index in [1.165, 1.54) is 7.11 Å². The van der Waals surface area contributed by atoms with Gasteiger partial charge in [-0.15, -0.1) is 0 Å². The molecule has 23 heavy (non-hydrogen) atoms. The molecule has 0 saturated carbocycles. The van der Waals surface area contributed by atoms with Crippen LogP contribution in [0.2, 0.25) is 0 Å². The van der Waals surface area contributed by atoms with Gasteiger partial charge in [-0.05, 0) is 17.2 Å². The van der Waals surface area contributed by atoms with Crippen molar-refractivity contribution in [1.82, 2.24) is 4.98 Å². The summed E-state index contributed by atoms with van der Waals surface area (Å²) in [4.78, 5) is 19.7. The van der Waals surface area contributed by atoms with Gasteiger partial charge in [-0.25, -0.2) is 4.79 Å². The highest BCUT2D eigenvalue weighted by Crippen LogP contribution is 2.20. The van der Waals surface area contributed by atoms with Crippen molar-refractivity contribution in [2.45, 2.75) is 12.5 Å². The van der Waals surface area contributed by atoms with E-state index in [9.17, 15) is 4.79 Å². The zero-order chi connectivity index (χ0) is 16.1. The summed E-state index contributed by atoms with van der Waals surface area (Å²) in [5, 5.41) is 1.11. The lowest BCUT2D eigenvalue weighted by Gasteiger charge is -2.09. The molecule has 116 valence electrons. The summed E-state index contributed by atoms with van der Waals surface area (Å²) in [7, 11) is 1.39. The van der Waals surface area contributed by atoms with Gasteiger partial charge >= 0.3 is 5.97 Å². The molecule has 4 heteroatoms. The van der Waals surface area contributed by atoms with Gasteiger partial charge in [-0.2, -0.15) is 0 Å². The number of carbonyl (C=O) groups excluding carboxylic acids is 1. The van der Waals surface area contributed by atoms with Crippen molar-refractivity contribution in [3.05, 3.63) is 71.9 Å². The predicted octanol–water partition coefficient (Wildman–Crippen LogP) is 3.37. The summed E-state index contributed by atoms with van der Waals surface area (Å²) in [6, 6.07) is 17.2. The summed E-state index contributed by atoms with van der Waals surface area (Å²) < 4.78 is 4.90. The molecular weight excluding hydrogens is 288 g/mol. The Balaban J connectivity index is 1.85. The molecule has 0 saturated heterocycles. The first-order valence-electron chi connectivity index (χ1n) is 7.49. The summed E-state index contributed by atoms with van der Waals surface area (Å²) in [5.41, 5.74) is 3.07. The van der Waals surface area contributed by atoms with Crippen LogP contribution in [0.25, 0.3) is 10.9 Å². The minimum absolute atomic E-state index is 0.331. The molecule has 4 nitrogen and oxygen atoms in total. The monoisotopic (exact) mass is 306 g/mol. The van der Waals surface area contributed by atoms with Crippen molar-refractivity contribution < 1.29 is 9.53 Å². The number of hydrogen-bond donors (Lipinski definition) is 1. The molecule has 0 aliphatic heterocycles. The van der Waals surface area contributed by atoms with Crippen molar-refractivity contribution in [1.29, 1.82) is 0 Å². The molecule has 0 spiro atoms. The van der Waals surface area contributed by atoms with Gasteiger partial charge in [0, 0.05) is 29.7 Å². The largest absolute Gasteiger partial charge is 0.467 e. The molecule has 0 unspecified atom stereocenters. The van der Waals surface area contributed by atoms with E-state index in [-0.39, 0.29) is 5.97 Å². The number of carbonyl (C=O) groups is 1. The quantitative estimate of drug-likeness (QED) is 0.580. The maximum Gasteiger partial charge on any atom is 0.330 e. The number of esters is 1. The van der Waals surface area contributed by atoms with Crippen LogP contribution >= 0.6 is 0 Å². The van der Waals surface area contributed by atoms with E-state index in [2.05, 4.69) is 9.98 Å². The predicted molar refractivity (Wildman–Crippen MR) is 91.8 cm³/mol. The van der Waals surface area contributed by atoms with E-state index in [1.807, 2.05) is 60.8 Å². The average Bonchev–Trinajstić information content (AvgIpc) is 3.02. The second kappa shape index (κ2) is 6.92. The fourth-order valence-electron chi connectivity index (χ4n) is 2.56. The van der Waals surface area contributed by atoms with Crippen LogP contribution in [0.1, 0.15) is 11.1 Å². The zero-order valence-corrected chi connectivity index (χ0v) is 12.9. The molecule has 0 bridgehead atoms. The molecule has 0 amide bonds. The molecular formula is C19H18N2O2. The highest BCUT2D eigenvalue weighted by Gasteiger charge is 2.19. The maximum absolute atomic E-state index is 12.0. The standard InChI is InChI=1S/C19H18N2O2/c1-23-19(22)18(20-12-14-7-3-2-4-8-14)11-15-13-21-17-10-6-5-9-16(15)17/h2-10,12-13,18,21H,11H2,1H3/t18-/m0/s1. The topological polar surface area (TPSA) is 54.5 Å². The van der Waals surface area contributed by atoms with Crippen LogP contribution < -0.4 is 0 Å². The van der Waals surface area contributed by atoms with Gasteiger partial charge in [-0.1, -0.05) is 48.5 Å². The first kappa shape index (κ1) is 15.0. The van der Waals surface area contributed by atoms with Gasteiger partial charge in [0.2, 0.25) is 0 Å². The number of methoxy groups -OCH3 is 1. The van der Waals surface area contributed by atoms with Crippen molar-refractivity contribution in [2.24, 2.45) is 4.99 Å². The fraction of sp³-hybridized carbons (Fsp3) is 0.158. The number of aromatic nitrogens is 1. The lowest BCUT2D eigenvalue weighted by atomic mass is 10.1. The van der Waals surface area contributed by atoms with Crippen LogP contribution in [0.15, 0.2) is 65.8 Å². The number of para-hydroxylation sites is 1. The number of fused-ring (bicyclic) bond motifs is 1. The molecule has 1 heterocycles. The molecule has 0 radical (unpaired) electrons. The molecule has 0 aliphatic rings. The number of benzene rings is 2. The van der Waals surface area contributed by atoms with Crippen molar-refractivity contribution in [3.63, 3.8) is 0 Å². The normalized spacial score (nSPS) is 12.6. The number of rotatable bonds is 5. The summed E-state index contributed by atoms with van der Waals surface area (Å²) in [6.45, 7) is 0. The summed E-state index contributed by atoms with van der Waals surface area (Å²) in [5.74, 6) is -0.331. The Morgan fingerprint density at radius 3 is 2.70 bits per heavy atom. The second-order valence-corrected chi connectivity index (χ2v) is 5.29. The average molecular weight is 306 g/mol. The molecule has 2 aromatic carbocycles. The Hall–Kier alpha value is -2.88. The lowest BCUT2D eigenvalue weighted by Crippen LogP contribution is -2.23. The van der Waals surface area contributed by atoms with Gasteiger partial charge < -0.3 is 9.72 Å². The van der Waals surface area contributed by atoms with Crippen LogP contribution in [-0.2, 0) is 16.0 Å². The van der Waals surface area contributed by atoms with Crippen molar-refractivity contribution in [2.75, 3.05) is 7.11 Å². The molecule has 1 aromatic heterocycles. The van der Waals surface area contributed by atoms with E-state index < -0.39 is 6.04 Å². The second-order valence-electron chi connectivity index (χ2n) is 5.29. The smallest absolute Gasteiger partial charge is 0.330 e. The van der Waals surface area contributed by atoms with Crippen LogP contribution in [0.3, 0.4) is 0 Å². The number of H-pyrrole nitrogens is 1. The Morgan fingerprint density at radius 2 is 1.91 bits per heavy atom. The Bertz CT molecular complexity index is 822. The van der Waals surface area contributed by atoms with Crippen molar-refractivity contribution >= 4 is 23.1 Å².